The molecule has 0 rings (SSSR count). The van der Waals surface area contributed by atoms with E-state index in [-0.39, 0.29) is 31.1 Å². The lowest BCUT2D eigenvalue weighted by atomic mass is 10.00. The third-order valence-corrected chi connectivity index (χ3v) is 4.78. The van der Waals surface area contributed by atoms with Crippen molar-refractivity contribution in [1.29, 1.82) is 0 Å². The molecule has 3 amide bonds. The molecule has 11 heteroatoms. The van der Waals surface area contributed by atoms with Crippen molar-refractivity contribution >= 4 is 23.7 Å². The monoisotopic (exact) mass is 459 g/mol. The minimum absolute atomic E-state index is 0.0347. The second-order valence-electron chi connectivity index (χ2n) is 8.85. The molecule has 0 aromatic heterocycles. The number of hydrogen-bond acceptors (Lipinski definition) is 7. The van der Waals surface area contributed by atoms with E-state index in [1.54, 1.807) is 0 Å². The first kappa shape index (κ1) is 29.8. The number of carboxylic acid groups (broad SMARTS) is 1. The Morgan fingerprint density at radius 2 is 1.25 bits per heavy atom. The van der Waals surface area contributed by atoms with Gasteiger partial charge in [0.25, 0.3) is 0 Å². The molecule has 0 aliphatic rings. The Labute approximate surface area is 190 Å². The molecule has 186 valence electrons. The molecule has 0 saturated carbocycles. The Bertz CT molecular complexity index is 613. The molecule has 9 N–H and O–H groups in total. The number of amides is 3. The number of aliphatic hydroxyl groups excluding tert-OH is 1. The van der Waals surface area contributed by atoms with E-state index >= 15 is 0 Å². The predicted molar refractivity (Wildman–Crippen MR) is 120 cm³/mol. The van der Waals surface area contributed by atoms with Gasteiger partial charge in [-0.15, -0.1) is 0 Å². The summed E-state index contributed by atoms with van der Waals surface area (Å²) in [4.78, 5) is 49.4. The predicted octanol–water partition coefficient (Wildman–Crippen LogP) is -0.934. The number of nitrogens with one attached hydrogen (secondary N) is 3. The Morgan fingerprint density at radius 1 is 0.781 bits per heavy atom. The molecule has 0 radical (unpaired) electrons. The number of aliphatic carboxylic acids is 1. The van der Waals surface area contributed by atoms with Crippen molar-refractivity contribution in [3.63, 3.8) is 0 Å². The van der Waals surface area contributed by atoms with Gasteiger partial charge in [-0.1, -0.05) is 27.7 Å². The summed E-state index contributed by atoms with van der Waals surface area (Å²) in [5, 5.41) is 26.1. The SMILES string of the molecule is CC(C)CC(NC(=O)C(CC(C)C)NC(=O)C(CCCCN)NC(=O)C(N)CO)C(=O)O. The van der Waals surface area contributed by atoms with Gasteiger partial charge in [0.1, 0.15) is 24.2 Å². The maximum Gasteiger partial charge on any atom is 0.326 e. The molecule has 0 fully saturated rings. The topological polar surface area (TPSA) is 197 Å². The average Bonchev–Trinajstić information content (AvgIpc) is 2.70. The fraction of sp³-hybridized carbons (Fsp3) is 0.810. The molecule has 4 unspecified atom stereocenters. The van der Waals surface area contributed by atoms with Crippen LogP contribution < -0.4 is 27.4 Å². The molecular weight excluding hydrogens is 418 g/mol. The summed E-state index contributed by atoms with van der Waals surface area (Å²) in [6.07, 6.45) is 2.00. The summed E-state index contributed by atoms with van der Waals surface area (Å²) >= 11 is 0. The highest BCUT2D eigenvalue weighted by Crippen LogP contribution is 2.10. The highest BCUT2D eigenvalue weighted by Gasteiger charge is 2.30. The first-order valence-corrected chi connectivity index (χ1v) is 11.1. The van der Waals surface area contributed by atoms with Gasteiger partial charge in [-0.05, 0) is 50.5 Å². The Hall–Kier alpha value is -2.24. The fourth-order valence-corrected chi connectivity index (χ4v) is 3.06. The van der Waals surface area contributed by atoms with Crippen LogP contribution in [0.4, 0.5) is 0 Å². The molecule has 0 heterocycles. The van der Waals surface area contributed by atoms with Crippen LogP contribution in [0.2, 0.25) is 0 Å². The van der Waals surface area contributed by atoms with Crippen LogP contribution in [0.5, 0.6) is 0 Å². The number of carbonyl (C=O) groups excluding carboxylic acids is 3. The standard InChI is InChI=1S/C21H41N5O6/c1-12(2)9-16(20(30)26-17(21(31)32)10-13(3)4)25-19(29)15(7-5-6-8-22)24-18(28)14(23)11-27/h12-17,27H,5-11,22-23H2,1-4H3,(H,24,28)(H,25,29)(H,26,30)(H,31,32). The van der Waals surface area contributed by atoms with Crippen molar-refractivity contribution in [1.82, 2.24) is 16.0 Å². The van der Waals surface area contributed by atoms with E-state index in [9.17, 15) is 24.3 Å². The molecule has 11 nitrogen and oxygen atoms in total. The van der Waals surface area contributed by atoms with Crippen LogP contribution in [0.25, 0.3) is 0 Å². The normalized spacial score (nSPS) is 15.0. The first-order valence-electron chi connectivity index (χ1n) is 11.1. The zero-order valence-corrected chi connectivity index (χ0v) is 19.6. The number of aliphatic hydroxyl groups is 1. The van der Waals surface area contributed by atoms with Crippen LogP contribution in [0.1, 0.15) is 59.8 Å². The molecule has 0 spiro atoms. The summed E-state index contributed by atoms with van der Waals surface area (Å²) in [5.41, 5.74) is 11.0. The largest absolute Gasteiger partial charge is 0.480 e. The fourth-order valence-electron chi connectivity index (χ4n) is 3.06. The molecule has 0 aliphatic carbocycles. The van der Waals surface area contributed by atoms with Gasteiger partial charge >= 0.3 is 5.97 Å². The minimum Gasteiger partial charge on any atom is -0.480 e. The van der Waals surface area contributed by atoms with Crippen molar-refractivity contribution in [2.24, 2.45) is 23.3 Å². The van der Waals surface area contributed by atoms with Crippen molar-refractivity contribution in [2.45, 2.75) is 84.0 Å². The second kappa shape index (κ2) is 15.5. The van der Waals surface area contributed by atoms with Gasteiger partial charge in [-0.2, -0.15) is 0 Å². The van der Waals surface area contributed by atoms with Gasteiger partial charge in [0.2, 0.25) is 17.7 Å². The van der Waals surface area contributed by atoms with Crippen molar-refractivity contribution < 1.29 is 29.4 Å². The number of nitrogens with two attached hydrogens (primary N) is 2. The Balaban J connectivity index is 5.44. The molecular formula is C21H41N5O6. The molecule has 32 heavy (non-hydrogen) atoms. The third-order valence-electron chi connectivity index (χ3n) is 4.78. The van der Waals surface area contributed by atoms with Gasteiger partial charge in [-0.3, -0.25) is 14.4 Å². The van der Waals surface area contributed by atoms with Gasteiger partial charge < -0.3 is 37.6 Å². The summed E-state index contributed by atoms with van der Waals surface area (Å²) in [6.45, 7) is 7.28. The summed E-state index contributed by atoms with van der Waals surface area (Å²) in [5.74, 6) is -2.93. The summed E-state index contributed by atoms with van der Waals surface area (Å²) in [6, 6.07) is -4.20. The van der Waals surface area contributed by atoms with E-state index in [0.717, 1.165) is 0 Å². The first-order chi connectivity index (χ1) is 14.9. The van der Waals surface area contributed by atoms with Crippen molar-refractivity contribution in [3.8, 4) is 0 Å². The lowest BCUT2D eigenvalue weighted by Crippen LogP contribution is -2.57. The van der Waals surface area contributed by atoms with E-state index in [0.29, 0.717) is 19.4 Å². The van der Waals surface area contributed by atoms with Gasteiger partial charge in [-0.25, -0.2) is 4.79 Å². The highest BCUT2D eigenvalue weighted by molar-refractivity contribution is 5.94. The number of carbonyl (C=O) groups is 4. The maximum atomic E-state index is 12.9. The van der Waals surface area contributed by atoms with Crippen molar-refractivity contribution in [3.05, 3.63) is 0 Å². The molecule has 0 aliphatic heterocycles. The van der Waals surface area contributed by atoms with Crippen LogP contribution in [0, 0.1) is 11.8 Å². The van der Waals surface area contributed by atoms with E-state index in [2.05, 4.69) is 16.0 Å². The smallest absolute Gasteiger partial charge is 0.326 e. The number of rotatable bonds is 16. The zero-order chi connectivity index (χ0) is 24.8. The second-order valence-corrected chi connectivity index (χ2v) is 8.85. The number of carboxylic acids is 1. The van der Waals surface area contributed by atoms with Crippen LogP contribution in [0.15, 0.2) is 0 Å². The molecule has 0 bridgehead atoms. The maximum absolute atomic E-state index is 12.9. The molecule has 0 aromatic carbocycles. The lowest BCUT2D eigenvalue weighted by Gasteiger charge is -2.26. The van der Waals surface area contributed by atoms with Gasteiger partial charge in [0.05, 0.1) is 6.61 Å². The quantitative estimate of drug-likeness (QED) is 0.144. The van der Waals surface area contributed by atoms with Crippen LogP contribution >= 0.6 is 0 Å². The zero-order valence-electron chi connectivity index (χ0n) is 19.6. The summed E-state index contributed by atoms with van der Waals surface area (Å²) in [7, 11) is 0. The third kappa shape index (κ3) is 12.0. The Morgan fingerprint density at radius 3 is 1.72 bits per heavy atom. The van der Waals surface area contributed by atoms with Gasteiger partial charge in [0.15, 0.2) is 0 Å². The van der Waals surface area contributed by atoms with E-state index in [4.69, 9.17) is 16.6 Å². The molecule has 0 aromatic rings. The van der Waals surface area contributed by atoms with Crippen molar-refractivity contribution in [2.75, 3.05) is 13.2 Å². The van der Waals surface area contributed by atoms with E-state index < -0.39 is 54.5 Å². The van der Waals surface area contributed by atoms with Gasteiger partial charge in [0, 0.05) is 0 Å². The highest BCUT2D eigenvalue weighted by atomic mass is 16.4. The average molecular weight is 460 g/mol. The molecule has 4 atom stereocenters. The molecule has 0 saturated heterocycles. The number of hydrogen-bond donors (Lipinski definition) is 7. The summed E-state index contributed by atoms with van der Waals surface area (Å²) < 4.78 is 0. The Kier molecular flexibility index (Phi) is 14.5. The van der Waals surface area contributed by atoms with Crippen LogP contribution in [0.3, 0.4) is 0 Å². The van der Waals surface area contributed by atoms with Crippen LogP contribution in [-0.2, 0) is 19.2 Å². The lowest BCUT2D eigenvalue weighted by molar-refractivity contribution is -0.143. The van der Waals surface area contributed by atoms with E-state index in [1.807, 2.05) is 27.7 Å². The minimum atomic E-state index is -1.18. The van der Waals surface area contributed by atoms with E-state index in [1.165, 1.54) is 0 Å². The number of unbranched alkanes of at least 4 members (excludes halogenated alkanes) is 1. The van der Waals surface area contributed by atoms with Crippen LogP contribution in [-0.4, -0.2) is 71.2 Å².